The van der Waals surface area contributed by atoms with E-state index in [0.29, 0.717) is 6.42 Å². The minimum absolute atomic E-state index is 0.117. The number of fused-ring (bicyclic) bond motifs is 1. The minimum Gasteiger partial charge on any atom is -0.481 e. The summed E-state index contributed by atoms with van der Waals surface area (Å²) in [6.45, 7) is 2.06. The Bertz CT molecular complexity index is 812. The maximum atomic E-state index is 10.9. The van der Waals surface area contributed by atoms with Crippen LogP contribution in [0.15, 0.2) is 35.7 Å². The highest BCUT2D eigenvalue weighted by Crippen LogP contribution is 2.32. The van der Waals surface area contributed by atoms with Crippen LogP contribution in [0.1, 0.15) is 28.3 Å². The molecule has 0 atom stereocenters. The van der Waals surface area contributed by atoms with E-state index >= 15 is 0 Å². The summed E-state index contributed by atoms with van der Waals surface area (Å²) in [6.07, 6.45) is 2.69. The second kappa shape index (κ2) is 6.42. The molecule has 1 aromatic carbocycles. The van der Waals surface area contributed by atoms with Crippen molar-refractivity contribution in [3.8, 4) is 0 Å². The lowest BCUT2D eigenvalue weighted by Gasteiger charge is -2.02. The van der Waals surface area contributed by atoms with Gasteiger partial charge >= 0.3 is 5.97 Å². The predicted octanol–water partition coefficient (Wildman–Crippen LogP) is 5.07. The number of hydrogen-bond acceptors (Lipinski definition) is 4. The molecule has 0 unspecified atom stereocenters. The molecule has 3 rings (SSSR count). The SMILES string of the molecule is Cc1ccsc1C=C(CCC(=O)O)c1nc2ccccc2s1. The van der Waals surface area contributed by atoms with Crippen LogP contribution in [-0.2, 0) is 4.79 Å². The first-order valence-electron chi connectivity index (χ1n) is 6.96. The summed E-state index contributed by atoms with van der Waals surface area (Å²) in [6, 6.07) is 10.1. The van der Waals surface area contributed by atoms with Gasteiger partial charge in [-0.2, -0.15) is 0 Å². The van der Waals surface area contributed by atoms with E-state index in [1.54, 1.807) is 22.7 Å². The summed E-state index contributed by atoms with van der Waals surface area (Å²) < 4.78 is 1.13. The highest BCUT2D eigenvalue weighted by Gasteiger charge is 2.12. The monoisotopic (exact) mass is 329 g/mol. The van der Waals surface area contributed by atoms with E-state index in [9.17, 15) is 4.79 Å². The fraction of sp³-hybridized carbons (Fsp3) is 0.176. The molecule has 5 heteroatoms. The number of nitrogens with zero attached hydrogens (tertiary/aromatic N) is 1. The normalized spacial score (nSPS) is 12.0. The van der Waals surface area contributed by atoms with Crippen molar-refractivity contribution in [1.82, 2.24) is 4.98 Å². The number of carbonyl (C=O) groups is 1. The second-order valence-corrected chi connectivity index (χ2v) is 7.00. The van der Waals surface area contributed by atoms with Crippen LogP contribution in [0.3, 0.4) is 0 Å². The van der Waals surface area contributed by atoms with Gasteiger partial charge in [0, 0.05) is 11.3 Å². The molecule has 112 valence electrons. The lowest BCUT2D eigenvalue weighted by Crippen LogP contribution is -1.95. The fourth-order valence-corrected chi connectivity index (χ4v) is 4.07. The van der Waals surface area contributed by atoms with E-state index < -0.39 is 5.97 Å². The summed E-state index contributed by atoms with van der Waals surface area (Å²) in [5.41, 5.74) is 3.17. The molecular weight excluding hydrogens is 314 g/mol. The number of rotatable bonds is 5. The molecule has 0 amide bonds. The third-order valence-corrected chi connectivity index (χ3v) is 5.46. The summed E-state index contributed by atoms with van der Waals surface area (Å²) in [5, 5.41) is 12.0. The molecule has 0 fully saturated rings. The van der Waals surface area contributed by atoms with Crippen LogP contribution >= 0.6 is 22.7 Å². The summed E-state index contributed by atoms with van der Waals surface area (Å²) >= 11 is 3.28. The van der Waals surface area contributed by atoms with E-state index in [-0.39, 0.29) is 6.42 Å². The number of hydrogen-bond donors (Lipinski definition) is 1. The van der Waals surface area contributed by atoms with Gasteiger partial charge in [0.1, 0.15) is 5.01 Å². The molecule has 0 saturated heterocycles. The van der Waals surface area contributed by atoms with Gasteiger partial charge in [0.2, 0.25) is 0 Å². The van der Waals surface area contributed by atoms with Crippen molar-refractivity contribution in [3.05, 3.63) is 51.2 Å². The second-order valence-electron chi connectivity index (χ2n) is 5.02. The third-order valence-electron chi connectivity index (χ3n) is 3.38. The first-order chi connectivity index (χ1) is 10.6. The van der Waals surface area contributed by atoms with Gasteiger partial charge in [-0.15, -0.1) is 22.7 Å². The number of aryl methyl sites for hydroxylation is 1. The highest BCUT2D eigenvalue weighted by atomic mass is 32.1. The first-order valence-corrected chi connectivity index (χ1v) is 8.65. The van der Waals surface area contributed by atoms with Gasteiger partial charge in [0.05, 0.1) is 10.2 Å². The van der Waals surface area contributed by atoms with Crippen molar-refractivity contribution in [2.45, 2.75) is 19.8 Å². The van der Waals surface area contributed by atoms with Crippen LogP contribution in [0.4, 0.5) is 0 Å². The lowest BCUT2D eigenvalue weighted by molar-refractivity contribution is -0.136. The van der Waals surface area contributed by atoms with E-state index in [4.69, 9.17) is 5.11 Å². The zero-order valence-corrected chi connectivity index (χ0v) is 13.7. The van der Waals surface area contributed by atoms with Crippen LogP contribution in [0.25, 0.3) is 21.9 Å². The van der Waals surface area contributed by atoms with Crippen molar-refractivity contribution < 1.29 is 9.90 Å². The molecule has 3 nitrogen and oxygen atoms in total. The van der Waals surface area contributed by atoms with Crippen LogP contribution in [0, 0.1) is 6.92 Å². The van der Waals surface area contributed by atoms with Gasteiger partial charge in [-0.25, -0.2) is 4.98 Å². The Morgan fingerprint density at radius 3 is 2.77 bits per heavy atom. The van der Waals surface area contributed by atoms with Crippen LogP contribution in [0.2, 0.25) is 0 Å². The number of allylic oxidation sites excluding steroid dienone is 1. The van der Waals surface area contributed by atoms with Crippen LogP contribution in [0.5, 0.6) is 0 Å². The molecule has 0 spiro atoms. The number of thiophene rings is 1. The maximum absolute atomic E-state index is 10.9. The predicted molar refractivity (Wildman–Crippen MR) is 93.4 cm³/mol. The fourth-order valence-electron chi connectivity index (χ4n) is 2.18. The van der Waals surface area contributed by atoms with Crippen molar-refractivity contribution in [1.29, 1.82) is 0 Å². The smallest absolute Gasteiger partial charge is 0.303 e. The number of carboxylic acid groups (broad SMARTS) is 1. The molecule has 1 N–H and O–H groups in total. The molecular formula is C17H15NO2S2. The van der Waals surface area contributed by atoms with Crippen LogP contribution in [-0.4, -0.2) is 16.1 Å². The number of para-hydroxylation sites is 1. The molecule has 0 aliphatic rings. The van der Waals surface area contributed by atoms with E-state index in [1.807, 2.05) is 29.6 Å². The summed E-state index contributed by atoms with van der Waals surface area (Å²) in [5.74, 6) is -0.782. The Balaban J connectivity index is 2.02. The Morgan fingerprint density at radius 1 is 1.27 bits per heavy atom. The average molecular weight is 329 g/mol. The number of thiazole rings is 1. The van der Waals surface area contributed by atoms with Crippen molar-refractivity contribution >= 4 is 50.5 Å². The van der Waals surface area contributed by atoms with Gasteiger partial charge in [-0.05, 0) is 54.1 Å². The van der Waals surface area contributed by atoms with Gasteiger partial charge in [0.25, 0.3) is 0 Å². The van der Waals surface area contributed by atoms with E-state index in [2.05, 4.69) is 24.1 Å². The third kappa shape index (κ3) is 3.26. The lowest BCUT2D eigenvalue weighted by atomic mass is 10.1. The average Bonchev–Trinajstić information content (AvgIpc) is 3.09. The minimum atomic E-state index is -0.782. The number of carboxylic acids is 1. The molecule has 22 heavy (non-hydrogen) atoms. The molecule has 0 aliphatic carbocycles. The van der Waals surface area contributed by atoms with E-state index in [1.165, 1.54) is 10.4 Å². The number of aliphatic carboxylic acids is 1. The summed E-state index contributed by atoms with van der Waals surface area (Å²) in [4.78, 5) is 16.8. The zero-order valence-electron chi connectivity index (χ0n) is 12.1. The Labute approximate surface area is 136 Å². The molecule has 3 aromatic rings. The molecule has 0 saturated carbocycles. The Kier molecular flexibility index (Phi) is 4.36. The van der Waals surface area contributed by atoms with Crippen molar-refractivity contribution in [2.24, 2.45) is 0 Å². The van der Waals surface area contributed by atoms with Gasteiger partial charge in [-0.1, -0.05) is 12.1 Å². The quantitative estimate of drug-likeness (QED) is 0.711. The maximum Gasteiger partial charge on any atom is 0.303 e. The summed E-state index contributed by atoms with van der Waals surface area (Å²) in [7, 11) is 0. The Morgan fingerprint density at radius 2 is 2.09 bits per heavy atom. The zero-order chi connectivity index (χ0) is 15.5. The van der Waals surface area contributed by atoms with Crippen LogP contribution < -0.4 is 0 Å². The number of aromatic nitrogens is 1. The molecule has 2 heterocycles. The van der Waals surface area contributed by atoms with Gasteiger partial charge in [-0.3, -0.25) is 4.79 Å². The van der Waals surface area contributed by atoms with Crippen molar-refractivity contribution in [2.75, 3.05) is 0 Å². The number of benzene rings is 1. The van der Waals surface area contributed by atoms with Gasteiger partial charge in [0.15, 0.2) is 0 Å². The first kappa shape index (κ1) is 14.9. The molecule has 0 radical (unpaired) electrons. The van der Waals surface area contributed by atoms with E-state index in [0.717, 1.165) is 20.8 Å². The molecule has 0 aliphatic heterocycles. The van der Waals surface area contributed by atoms with Crippen molar-refractivity contribution in [3.63, 3.8) is 0 Å². The topological polar surface area (TPSA) is 50.2 Å². The van der Waals surface area contributed by atoms with Gasteiger partial charge < -0.3 is 5.11 Å². The Hall–Kier alpha value is -1.98. The standard InChI is InChI=1S/C17H15NO2S2/c1-11-8-9-21-15(11)10-12(6-7-16(19)20)17-18-13-4-2-3-5-14(13)22-17/h2-5,8-10H,6-7H2,1H3,(H,19,20). The highest BCUT2D eigenvalue weighted by molar-refractivity contribution is 7.19. The largest absolute Gasteiger partial charge is 0.481 e. The molecule has 0 bridgehead atoms. The molecule has 2 aromatic heterocycles.